The lowest BCUT2D eigenvalue weighted by molar-refractivity contribution is 0.175. The second-order valence-electron chi connectivity index (χ2n) is 2.91. The number of hydrogen-bond acceptors (Lipinski definition) is 2. The van der Waals surface area contributed by atoms with Gasteiger partial charge in [0, 0.05) is 6.04 Å². The molecule has 0 saturated heterocycles. The molecule has 3 heteroatoms. The Hall–Kier alpha value is -0.730. The van der Waals surface area contributed by atoms with Crippen LogP contribution in [-0.4, -0.2) is 12.1 Å². The molecule has 11 heavy (non-hydrogen) atoms. The van der Waals surface area contributed by atoms with Gasteiger partial charge in [-0.1, -0.05) is 19.3 Å². The van der Waals surface area contributed by atoms with Gasteiger partial charge in [-0.25, -0.2) is 4.79 Å². The number of carbonyl (C=O) groups excluding carboxylic acids is 1. The fraction of sp³-hybridized carbons (Fsp3) is 0.750. The third-order valence-corrected chi connectivity index (χ3v) is 2.06. The number of carbonyl (C=O) groups is 1. The van der Waals surface area contributed by atoms with Crippen molar-refractivity contribution in [2.75, 3.05) is 0 Å². The van der Waals surface area contributed by atoms with Gasteiger partial charge in [0.1, 0.15) is 7.11 Å². The van der Waals surface area contributed by atoms with E-state index < -0.39 is 6.09 Å². The molecule has 0 aromatic heterocycles. The van der Waals surface area contributed by atoms with Crippen LogP contribution < -0.4 is 5.32 Å². The number of ether oxygens (including phenoxy) is 1. The molecular formula is C8H14NO2. The maximum atomic E-state index is 10.7. The standard InChI is InChI=1S/C8H14NO2/c1-11-8(10)9-7-5-3-2-4-6-7/h7H,1-6H2,(H,9,10). The monoisotopic (exact) mass is 156 g/mol. The second-order valence-corrected chi connectivity index (χ2v) is 2.91. The lowest BCUT2D eigenvalue weighted by Crippen LogP contribution is -2.35. The van der Waals surface area contributed by atoms with E-state index in [4.69, 9.17) is 0 Å². The van der Waals surface area contributed by atoms with Gasteiger partial charge in [-0.3, -0.25) is 0 Å². The van der Waals surface area contributed by atoms with E-state index in [1.165, 1.54) is 19.3 Å². The first-order valence-corrected chi connectivity index (χ1v) is 4.05. The van der Waals surface area contributed by atoms with E-state index in [1.54, 1.807) is 0 Å². The summed E-state index contributed by atoms with van der Waals surface area (Å²) >= 11 is 0. The molecule has 0 unspecified atom stereocenters. The van der Waals surface area contributed by atoms with Gasteiger partial charge in [0.15, 0.2) is 0 Å². The van der Waals surface area contributed by atoms with Crippen LogP contribution >= 0.6 is 0 Å². The summed E-state index contributed by atoms with van der Waals surface area (Å²) in [7, 11) is 3.04. The van der Waals surface area contributed by atoms with E-state index >= 15 is 0 Å². The van der Waals surface area contributed by atoms with Crippen molar-refractivity contribution in [1.29, 1.82) is 0 Å². The van der Waals surface area contributed by atoms with Gasteiger partial charge < -0.3 is 10.1 Å². The van der Waals surface area contributed by atoms with E-state index in [-0.39, 0.29) is 0 Å². The van der Waals surface area contributed by atoms with Crippen LogP contribution in [0.5, 0.6) is 0 Å². The van der Waals surface area contributed by atoms with Crippen LogP contribution in [-0.2, 0) is 4.74 Å². The summed E-state index contributed by atoms with van der Waals surface area (Å²) in [5.74, 6) is 0. The quantitative estimate of drug-likeness (QED) is 0.629. The molecule has 1 rings (SSSR count). The predicted octanol–water partition coefficient (Wildman–Crippen LogP) is 1.84. The minimum atomic E-state index is -0.406. The van der Waals surface area contributed by atoms with Crippen molar-refractivity contribution in [2.24, 2.45) is 0 Å². The maximum Gasteiger partial charge on any atom is 0.407 e. The fourth-order valence-corrected chi connectivity index (χ4v) is 1.46. The first-order chi connectivity index (χ1) is 5.33. The summed E-state index contributed by atoms with van der Waals surface area (Å²) in [4.78, 5) is 10.7. The highest BCUT2D eigenvalue weighted by molar-refractivity contribution is 5.67. The molecule has 0 spiro atoms. The number of amides is 1. The number of alkyl carbamates (subject to hydrolysis) is 1. The topological polar surface area (TPSA) is 38.3 Å². The summed E-state index contributed by atoms with van der Waals surface area (Å²) in [6.45, 7) is 0. The lowest BCUT2D eigenvalue weighted by atomic mass is 9.96. The molecule has 1 amide bonds. The Morgan fingerprint density at radius 2 is 2.00 bits per heavy atom. The smallest absolute Gasteiger partial charge is 0.407 e. The maximum absolute atomic E-state index is 10.7. The van der Waals surface area contributed by atoms with Crippen molar-refractivity contribution in [3.63, 3.8) is 0 Å². The van der Waals surface area contributed by atoms with Crippen LogP contribution in [0.25, 0.3) is 0 Å². The summed E-state index contributed by atoms with van der Waals surface area (Å²) in [6.07, 6.45) is 5.46. The van der Waals surface area contributed by atoms with Gasteiger partial charge in [0.25, 0.3) is 0 Å². The SMILES string of the molecule is [CH2]OC(=O)NC1CCCCC1. The van der Waals surface area contributed by atoms with Crippen molar-refractivity contribution in [2.45, 2.75) is 38.1 Å². The molecular weight excluding hydrogens is 142 g/mol. The molecule has 1 saturated carbocycles. The van der Waals surface area contributed by atoms with Crippen LogP contribution in [0, 0.1) is 7.11 Å². The molecule has 0 aromatic carbocycles. The van der Waals surface area contributed by atoms with E-state index in [9.17, 15) is 4.79 Å². The molecule has 0 bridgehead atoms. The molecule has 1 aliphatic carbocycles. The number of hydrogen-bond donors (Lipinski definition) is 1. The van der Waals surface area contributed by atoms with Crippen molar-refractivity contribution >= 4 is 6.09 Å². The Bertz CT molecular complexity index is 130. The van der Waals surface area contributed by atoms with E-state index in [2.05, 4.69) is 17.2 Å². The van der Waals surface area contributed by atoms with E-state index in [0.29, 0.717) is 6.04 Å². The van der Waals surface area contributed by atoms with Gasteiger partial charge in [-0.05, 0) is 12.8 Å². The third kappa shape index (κ3) is 2.78. The molecule has 0 heterocycles. The molecule has 0 atom stereocenters. The van der Waals surface area contributed by atoms with Crippen LogP contribution in [0.3, 0.4) is 0 Å². The zero-order valence-corrected chi connectivity index (χ0v) is 6.64. The van der Waals surface area contributed by atoms with Gasteiger partial charge in [0.05, 0.1) is 0 Å². The van der Waals surface area contributed by atoms with Crippen molar-refractivity contribution in [1.82, 2.24) is 5.32 Å². The highest BCUT2D eigenvalue weighted by atomic mass is 16.5. The molecule has 1 aliphatic rings. The Labute approximate surface area is 67.1 Å². The summed E-state index contributed by atoms with van der Waals surface area (Å²) < 4.78 is 4.25. The van der Waals surface area contributed by atoms with Gasteiger partial charge in [-0.15, -0.1) is 0 Å². The summed E-state index contributed by atoms with van der Waals surface area (Å²) in [5.41, 5.74) is 0. The minimum Gasteiger partial charge on any atom is -0.446 e. The highest BCUT2D eigenvalue weighted by Gasteiger charge is 2.15. The zero-order chi connectivity index (χ0) is 8.10. The highest BCUT2D eigenvalue weighted by Crippen LogP contribution is 2.17. The van der Waals surface area contributed by atoms with E-state index in [1.807, 2.05) is 0 Å². The van der Waals surface area contributed by atoms with E-state index in [0.717, 1.165) is 12.8 Å². The molecule has 1 fully saturated rings. The third-order valence-electron chi connectivity index (χ3n) is 2.06. The summed E-state index contributed by atoms with van der Waals surface area (Å²) in [5, 5.41) is 2.74. The molecule has 1 radical (unpaired) electrons. The van der Waals surface area contributed by atoms with Crippen molar-refractivity contribution < 1.29 is 9.53 Å². The molecule has 0 aromatic rings. The molecule has 1 N–H and O–H groups in total. The van der Waals surface area contributed by atoms with Crippen LogP contribution in [0.4, 0.5) is 4.79 Å². The average molecular weight is 156 g/mol. The average Bonchev–Trinajstić information content (AvgIpc) is 2.06. The van der Waals surface area contributed by atoms with Gasteiger partial charge in [-0.2, -0.15) is 0 Å². The Kier molecular flexibility index (Phi) is 3.20. The second kappa shape index (κ2) is 4.21. The zero-order valence-electron chi connectivity index (χ0n) is 6.64. The number of nitrogens with one attached hydrogen (secondary N) is 1. The van der Waals surface area contributed by atoms with Gasteiger partial charge in [0.2, 0.25) is 0 Å². The Balaban J connectivity index is 2.19. The predicted molar refractivity (Wildman–Crippen MR) is 41.8 cm³/mol. The molecule has 0 aliphatic heterocycles. The Morgan fingerprint density at radius 1 is 1.36 bits per heavy atom. The first kappa shape index (κ1) is 8.37. The van der Waals surface area contributed by atoms with Gasteiger partial charge >= 0.3 is 6.09 Å². The summed E-state index contributed by atoms with van der Waals surface area (Å²) in [6, 6.07) is 0.318. The first-order valence-electron chi connectivity index (χ1n) is 4.05. The minimum absolute atomic E-state index is 0.318. The largest absolute Gasteiger partial charge is 0.446 e. The number of rotatable bonds is 1. The Morgan fingerprint density at radius 3 is 2.55 bits per heavy atom. The normalized spacial score (nSPS) is 19.4. The fourth-order valence-electron chi connectivity index (χ4n) is 1.46. The molecule has 3 nitrogen and oxygen atoms in total. The lowest BCUT2D eigenvalue weighted by Gasteiger charge is -2.21. The van der Waals surface area contributed by atoms with Crippen LogP contribution in [0.2, 0.25) is 0 Å². The van der Waals surface area contributed by atoms with Crippen molar-refractivity contribution in [3.8, 4) is 0 Å². The van der Waals surface area contributed by atoms with Crippen LogP contribution in [0.15, 0.2) is 0 Å². The van der Waals surface area contributed by atoms with Crippen molar-refractivity contribution in [3.05, 3.63) is 7.11 Å². The van der Waals surface area contributed by atoms with Crippen LogP contribution in [0.1, 0.15) is 32.1 Å². The molecule has 63 valence electrons.